The molecule has 0 spiro atoms. The van der Waals surface area contributed by atoms with E-state index in [1.165, 1.54) is 6.07 Å². The average molecular weight is 325 g/mol. The summed E-state index contributed by atoms with van der Waals surface area (Å²) < 4.78 is 19.9. The number of halogens is 2. The highest BCUT2D eigenvalue weighted by Crippen LogP contribution is 2.27. The minimum atomic E-state index is -0.261. The van der Waals surface area contributed by atoms with Gasteiger partial charge in [-0.3, -0.25) is 0 Å². The smallest absolute Gasteiger partial charge is 0.132 e. The Balaban J connectivity index is 2.13. The van der Waals surface area contributed by atoms with Crippen LogP contribution < -0.4 is 4.74 Å². The molecule has 0 amide bonds. The molecule has 2 rings (SSSR count). The van der Waals surface area contributed by atoms with Crippen molar-refractivity contribution < 1.29 is 14.2 Å². The van der Waals surface area contributed by atoms with Crippen molar-refractivity contribution in [1.29, 1.82) is 0 Å². The van der Waals surface area contributed by atoms with Crippen molar-refractivity contribution in [2.45, 2.75) is 6.42 Å². The number of rotatable bonds is 5. The van der Waals surface area contributed by atoms with E-state index >= 15 is 0 Å². The van der Waals surface area contributed by atoms with E-state index in [-0.39, 0.29) is 12.4 Å². The molecule has 0 aromatic heterocycles. The van der Waals surface area contributed by atoms with Gasteiger partial charge < -0.3 is 9.84 Å². The van der Waals surface area contributed by atoms with Gasteiger partial charge in [-0.25, -0.2) is 4.39 Å². The Morgan fingerprint density at radius 3 is 2.47 bits per heavy atom. The zero-order chi connectivity index (χ0) is 13.7. The Bertz CT molecular complexity index is 540. The second kappa shape index (κ2) is 6.68. The van der Waals surface area contributed by atoms with E-state index in [9.17, 15) is 4.39 Å². The summed E-state index contributed by atoms with van der Waals surface area (Å²) in [4.78, 5) is 0. The van der Waals surface area contributed by atoms with Crippen LogP contribution >= 0.6 is 15.9 Å². The molecule has 1 N–H and O–H groups in total. The molecule has 0 atom stereocenters. The van der Waals surface area contributed by atoms with Gasteiger partial charge in [0.05, 0.1) is 6.61 Å². The average Bonchev–Trinajstić information content (AvgIpc) is 2.40. The Labute approximate surface area is 120 Å². The summed E-state index contributed by atoms with van der Waals surface area (Å²) in [5.74, 6) is 0.457. The number of aliphatic hydroxyl groups is 1. The highest BCUT2D eigenvalue weighted by molar-refractivity contribution is 9.10. The fourth-order valence-corrected chi connectivity index (χ4v) is 2.04. The largest absolute Gasteiger partial charge is 0.494 e. The first-order valence-corrected chi connectivity index (χ1v) is 6.79. The third-order valence-electron chi connectivity index (χ3n) is 2.67. The van der Waals surface area contributed by atoms with Gasteiger partial charge in [0.15, 0.2) is 0 Å². The monoisotopic (exact) mass is 324 g/mol. The third-order valence-corrected chi connectivity index (χ3v) is 3.16. The lowest BCUT2D eigenvalue weighted by Gasteiger charge is -2.07. The van der Waals surface area contributed by atoms with Gasteiger partial charge in [0, 0.05) is 23.1 Å². The zero-order valence-electron chi connectivity index (χ0n) is 10.3. The molecule has 0 saturated heterocycles. The van der Waals surface area contributed by atoms with Crippen LogP contribution in [0.3, 0.4) is 0 Å². The summed E-state index contributed by atoms with van der Waals surface area (Å²) in [6.07, 6.45) is 0.600. The van der Waals surface area contributed by atoms with Crippen molar-refractivity contribution in [1.82, 2.24) is 0 Å². The molecule has 0 radical (unpaired) electrons. The molecule has 19 heavy (non-hydrogen) atoms. The summed E-state index contributed by atoms with van der Waals surface area (Å²) in [5.41, 5.74) is 1.37. The molecule has 0 aliphatic rings. The molecule has 100 valence electrons. The van der Waals surface area contributed by atoms with Gasteiger partial charge in [-0.2, -0.15) is 0 Å². The van der Waals surface area contributed by atoms with Gasteiger partial charge in [0.1, 0.15) is 11.6 Å². The molecule has 0 unspecified atom stereocenters. The highest BCUT2D eigenvalue weighted by atomic mass is 79.9. The highest BCUT2D eigenvalue weighted by Gasteiger charge is 2.05. The standard InChI is InChI=1S/C15H14BrFO2/c16-12-4-7-14(15(17)10-12)11-2-5-13(6-3-11)19-9-1-8-18/h2-7,10,18H,1,8-9H2. The molecule has 0 saturated carbocycles. The first-order chi connectivity index (χ1) is 9.20. The van der Waals surface area contributed by atoms with Crippen LogP contribution in [0.4, 0.5) is 4.39 Å². The van der Waals surface area contributed by atoms with E-state index in [0.717, 1.165) is 15.8 Å². The van der Waals surface area contributed by atoms with Crippen LogP contribution in [-0.2, 0) is 0 Å². The van der Waals surface area contributed by atoms with Crippen LogP contribution in [-0.4, -0.2) is 18.3 Å². The fourth-order valence-electron chi connectivity index (χ4n) is 1.71. The van der Waals surface area contributed by atoms with Crippen molar-refractivity contribution >= 4 is 15.9 Å². The molecule has 2 nitrogen and oxygen atoms in total. The van der Waals surface area contributed by atoms with Crippen LogP contribution in [0.25, 0.3) is 11.1 Å². The lowest BCUT2D eigenvalue weighted by Crippen LogP contribution is -1.99. The van der Waals surface area contributed by atoms with E-state index in [0.29, 0.717) is 18.6 Å². The number of hydrogen-bond acceptors (Lipinski definition) is 2. The van der Waals surface area contributed by atoms with Crippen LogP contribution in [0, 0.1) is 5.82 Å². The summed E-state index contributed by atoms with van der Waals surface area (Å²) >= 11 is 3.24. The zero-order valence-corrected chi connectivity index (χ0v) is 11.9. The van der Waals surface area contributed by atoms with Gasteiger partial charge >= 0.3 is 0 Å². The minimum absolute atomic E-state index is 0.113. The predicted molar refractivity (Wildman–Crippen MR) is 76.7 cm³/mol. The molecule has 4 heteroatoms. The van der Waals surface area contributed by atoms with Crippen molar-refractivity contribution in [2.24, 2.45) is 0 Å². The Morgan fingerprint density at radius 2 is 1.84 bits per heavy atom. The molecule has 0 aliphatic heterocycles. The van der Waals surface area contributed by atoms with Crippen LogP contribution in [0.2, 0.25) is 0 Å². The van der Waals surface area contributed by atoms with Gasteiger partial charge in [-0.1, -0.05) is 34.1 Å². The van der Waals surface area contributed by atoms with Crippen molar-refractivity contribution in [3.63, 3.8) is 0 Å². The lowest BCUT2D eigenvalue weighted by molar-refractivity contribution is 0.233. The SMILES string of the molecule is OCCCOc1ccc(-c2ccc(Br)cc2F)cc1. The van der Waals surface area contributed by atoms with Crippen molar-refractivity contribution in [2.75, 3.05) is 13.2 Å². The second-order valence-electron chi connectivity index (χ2n) is 4.07. The molecule has 2 aromatic carbocycles. The second-order valence-corrected chi connectivity index (χ2v) is 4.99. The lowest BCUT2D eigenvalue weighted by atomic mass is 10.1. The number of aliphatic hydroxyl groups excluding tert-OH is 1. The summed E-state index contributed by atoms with van der Waals surface area (Å²) in [6, 6.07) is 12.2. The van der Waals surface area contributed by atoms with Gasteiger partial charge in [0.25, 0.3) is 0 Å². The first-order valence-electron chi connectivity index (χ1n) is 6.00. The predicted octanol–water partition coefficient (Wildman–Crippen LogP) is 4.02. The third kappa shape index (κ3) is 3.78. The normalized spacial score (nSPS) is 10.5. The molecule has 0 aliphatic carbocycles. The van der Waals surface area contributed by atoms with E-state index in [4.69, 9.17) is 9.84 Å². The minimum Gasteiger partial charge on any atom is -0.494 e. The maximum Gasteiger partial charge on any atom is 0.132 e. The summed E-state index contributed by atoms with van der Waals surface area (Å²) in [7, 11) is 0. The van der Waals surface area contributed by atoms with Crippen LogP contribution in [0.15, 0.2) is 46.9 Å². The number of benzene rings is 2. The van der Waals surface area contributed by atoms with Gasteiger partial charge in [0.2, 0.25) is 0 Å². The maximum absolute atomic E-state index is 13.8. The molecule has 0 heterocycles. The molecule has 0 bridgehead atoms. The summed E-state index contributed by atoms with van der Waals surface area (Å²) in [5, 5.41) is 8.66. The Morgan fingerprint density at radius 1 is 1.11 bits per heavy atom. The molecular formula is C15H14BrFO2. The number of hydrogen-bond donors (Lipinski definition) is 1. The molecule has 0 fully saturated rings. The quantitative estimate of drug-likeness (QED) is 0.842. The topological polar surface area (TPSA) is 29.5 Å². The first kappa shape index (κ1) is 14.0. The van der Waals surface area contributed by atoms with Gasteiger partial charge in [-0.05, 0) is 29.8 Å². The van der Waals surface area contributed by atoms with E-state index in [1.54, 1.807) is 18.2 Å². The van der Waals surface area contributed by atoms with E-state index in [2.05, 4.69) is 15.9 Å². The Kier molecular flexibility index (Phi) is 4.93. The van der Waals surface area contributed by atoms with Crippen molar-refractivity contribution in [3.05, 3.63) is 52.8 Å². The van der Waals surface area contributed by atoms with Gasteiger partial charge in [-0.15, -0.1) is 0 Å². The molecular weight excluding hydrogens is 311 g/mol. The van der Waals surface area contributed by atoms with E-state index in [1.807, 2.05) is 18.2 Å². The maximum atomic E-state index is 13.8. The fraction of sp³-hybridized carbons (Fsp3) is 0.200. The van der Waals surface area contributed by atoms with Crippen LogP contribution in [0.5, 0.6) is 5.75 Å². The van der Waals surface area contributed by atoms with Crippen molar-refractivity contribution in [3.8, 4) is 16.9 Å². The summed E-state index contributed by atoms with van der Waals surface area (Å²) in [6.45, 7) is 0.588. The van der Waals surface area contributed by atoms with Crippen LogP contribution in [0.1, 0.15) is 6.42 Å². The number of ether oxygens (including phenoxy) is 1. The van der Waals surface area contributed by atoms with E-state index < -0.39 is 0 Å². The molecule has 2 aromatic rings. The Hall–Kier alpha value is -1.39.